The standard InChI is InChI=1S/C28H36N4O3S/c1-18-7-5-6-10-24(18)32-25-12-11-20(14-22(25)30-26(32)15-21-16-29-17-36-21)27(33)31-23(28(34)35)13-19-8-3-2-4-9-19/h11-12,14,16-19,23-24H,2-10,13,15H2,1H3,(H,31,33)(H,34,35)/t18-,23?,24-/m1/s1. The first kappa shape index (κ1) is 24.9. The van der Waals surface area contributed by atoms with Crippen LogP contribution in [0.25, 0.3) is 11.0 Å². The molecule has 0 spiro atoms. The first-order chi connectivity index (χ1) is 17.5. The smallest absolute Gasteiger partial charge is 0.326 e. The van der Waals surface area contributed by atoms with Crippen molar-refractivity contribution in [2.45, 2.75) is 89.6 Å². The summed E-state index contributed by atoms with van der Waals surface area (Å²) in [5, 5.41) is 12.6. The summed E-state index contributed by atoms with van der Waals surface area (Å²) in [7, 11) is 0. The van der Waals surface area contributed by atoms with E-state index in [2.05, 4.69) is 21.8 Å². The van der Waals surface area contributed by atoms with Crippen molar-refractivity contribution in [1.82, 2.24) is 19.9 Å². The Bertz CT molecular complexity index is 1200. The lowest BCUT2D eigenvalue weighted by Gasteiger charge is -2.31. The fourth-order valence-electron chi connectivity index (χ4n) is 6.17. The molecule has 8 heteroatoms. The number of fused-ring (bicyclic) bond motifs is 1. The molecule has 1 unspecified atom stereocenters. The Balaban J connectivity index is 1.41. The van der Waals surface area contributed by atoms with Crippen LogP contribution in [-0.2, 0) is 11.2 Å². The maximum absolute atomic E-state index is 13.1. The molecular weight excluding hydrogens is 472 g/mol. The van der Waals surface area contributed by atoms with E-state index in [4.69, 9.17) is 4.98 Å². The third kappa shape index (κ3) is 5.48. The molecule has 36 heavy (non-hydrogen) atoms. The van der Waals surface area contributed by atoms with Gasteiger partial charge in [0.25, 0.3) is 5.91 Å². The number of benzene rings is 1. The van der Waals surface area contributed by atoms with E-state index in [0.717, 1.165) is 49.0 Å². The van der Waals surface area contributed by atoms with Crippen LogP contribution in [0, 0.1) is 11.8 Å². The van der Waals surface area contributed by atoms with Gasteiger partial charge < -0.3 is 15.0 Å². The number of carboxylic acid groups (broad SMARTS) is 1. The Morgan fingerprint density at radius 3 is 2.64 bits per heavy atom. The highest BCUT2D eigenvalue weighted by molar-refractivity contribution is 7.09. The second kappa shape index (κ2) is 11.1. The Kier molecular flexibility index (Phi) is 7.70. The largest absolute Gasteiger partial charge is 0.480 e. The molecule has 3 atom stereocenters. The van der Waals surface area contributed by atoms with E-state index >= 15 is 0 Å². The van der Waals surface area contributed by atoms with Gasteiger partial charge in [-0.15, -0.1) is 11.3 Å². The molecule has 3 aromatic rings. The molecule has 1 amide bonds. The minimum atomic E-state index is -0.961. The summed E-state index contributed by atoms with van der Waals surface area (Å²) in [6.07, 6.45) is 13.5. The lowest BCUT2D eigenvalue weighted by atomic mass is 9.85. The van der Waals surface area contributed by atoms with Crippen molar-refractivity contribution in [3.05, 3.63) is 46.2 Å². The van der Waals surface area contributed by atoms with E-state index in [0.29, 0.717) is 36.3 Å². The molecule has 0 bridgehead atoms. The number of hydrogen-bond donors (Lipinski definition) is 2. The van der Waals surface area contributed by atoms with Gasteiger partial charge in [-0.3, -0.25) is 9.78 Å². The van der Waals surface area contributed by atoms with Crippen molar-refractivity contribution >= 4 is 34.2 Å². The van der Waals surface area contributed by atoms with Gasteiger partial charge in [0.15, 0.2) is 0 Å². The van der Waals surface area contributed by atoms with Crippen LogP contribution in [0.5, 0.6) is 0 Å². The van der Waals surface area contributed by atoms with Gasteiger partial charge in [0, 0.05) is 29.1 Å². The summed E-state index contributed by atoms with van der Waals surface area (Å²) in [6.45, 7) is 2.33. The summed E-state index contributed by atoms with van der Waals surface area (Å²) in [4.78, 5) is 35.4. The van der Waals surface area contributed by atoms with Gasteiger partial charge in [-0.2, -0.15) is 0 Å². The van der Waals surface area contributed by atoms with Crippen LogP contribution in [0.1, 0.15) is 98.2 Å². The maximum Gasteiger partial charge on any atom is 0.326 e. The van der Waals surface area contributed by atoms with Crippen molar-refractivity contribution < 1.29 is 14.7 Å². The quantitative estimate of drug-likeness (QED) is 0.390. The van der Waals surface area contributed by atoms with Gasteiger partial charge in [0.05, 0.1) is 16.5 Å². The summed E-state index contributed by atoms with van der Waals surface area (Å²) in [5.41, 5.74) is 4.14. The molecular formula is C28H36N4O3S. The molecule has 0 radical (unpaired) electrons. The number of hydrogen-bond acceptors (Lipinski definition) is 5. The number of amides is 1. The minimum absolute atomic E-state index is 0.343. The number of aliphatic carboxylic acids is 1. The number of thiazole rings is 1. The van der Waals surface area contributed by atoms with Crippen LogP contribution >= 0.6 is 11.3 Å². The van der Waals surface area contributed by atoms with Gasteiger partial charge in [0.2, 0.25) is 0 Å². The normalized spacial score (nSPS) is 21.9. The summed E-state index contributed by atoms with van der Waals surface area (Å²) < 4.78 is 2.39. The van der Waals surface area contributed by atoms with E-state index in [1.165, 1.54) is 30.6 Å². The Labute approximate surface area is 216 Å². The average Bonchev–Trinajstić information content (AvgIpc) is 3.52. The van der Waals surface area contributed by atoms with Crippen LogP contribution in [0.2, 0.25) is 0 Å². The SMILES string of the molecule is C[C@@H]1CCCC[C@H]1n1c(Cc2cncs2)nc2cc(C(=O)NC(CC3CCCCC3)C(=O)O)ccc21. The van der Waals surface area contributed by atoms with E-state index in [-0.39, 0.29) is 5.91 Å². The molecule has 2 aliphatic carbocycles. The molecule has 2 aliphatic rings. The molecule has 0 aliphatic heterocycles. The lowest BCUT2D eigenvalue weighted by molar-refractivity contribution is -0.139. The topological polar surface area (TPSA) is 97.1 Å². The van der Waals surface area contributed by atoms with Crippen molar-refractivity contribution in [1.29, 1.82) is 0 Å². The highest BCUT2D eigenvalue weighted by atomic mass is 32.1. The van der Waals surface area contributed by atoms with Gasteiger partial charge in [-0.1, -0.05) is 51.9 Å². The fraction of sp³-hybridized carbons (Fsp3) is 0.571. The van der Waals surface area contributed by atoms with Gasteiger partial charge in [-0.05, 0) is 49.3 Å². The first-order valence-corrected chi connectivity index (χ1v) is 14.3. The zero-order valence-corrected chi connectivity index (χ0v) is 21.8. The molecule has 2 heterocycles. The number of nitrogens with zero attached hydrogens (tertiary/aromatic N) is 3. The molecule has 2 saturated carbocycles. The van der Waals surface area contributed by atoms with Crippen molar-refractivity contribution in [2.24, 2.45) is 11.8 Å². The van der Waals surface area contributed by atoms with Gasteiger partial charge in [0.1, 0.15) is 11.9 Å². The zero-order valence-electron chi connectivity index (χ0n) is 21.0. The number of carbonyl (C=O) groups is 2. The number of nitrogens with one attached hydrogen (secondary N) is 1. The first-order valence-electron chi connectivity index (χ1n) is 13.4. The Hall–Kier alpha value is -2.74. The summed E-state index contributed by atoms with van der Waals surface area (Å²) >= 11 is 1.63. The molecule has 2 N–H and O–H groups in total. The molecule has 5 rings (SSSR count). The third-order valence-electron chi connectivity index (χ3n) is 8.14. The predicted octanol–water partition coefficient (Wildman–Crippen LogP) is 5.99. The van der Waals surface area contributed by atoms with E-state index in [1.807, 2.05) is 29.9 Å². The lowest BCUT2D eigenvalue weighted by Crippen LogP contribution is -2.42. The third-order valence-corrected chi connectivity index (χ3v) is 8.92. The maximum atomic E-state index is 13.1. The molecule has 1 aromatic carbocycles. The molecule has 0 saturated heterocycles. The Morgan fingerprint density at radius 2 is 1.92 bits per heavy atom. The number of aromatic nitrogens is 3. The Morgan fingerprint density at radius 1 is 1.14 bits per heavy atom. The van der Waals surface area contributed by atoms with Crippen LogP contribution in [-0.4, -0.2) is 37.6 Å². The number of carboxylic acids is 1. The molecule has 192 valence electrons. The van der Waals surface area contributed by atoms with Crippen LogP contribution in [0.4, 0.5) is 0 Å². The van der Waals surface area contributed by atoms with Gasteiger partial charge >= 0.3 is 5.97 Å². The van der Waals surface area contributed by atoms with E-state index < -0.39 is 12.0 Å². The van der Waals surface area contributed by atoms with Crippen LogP contribution < -0.4 is 5.32 Å². The summed E-state index contributed by atoms with van der Waals surface area (Å²) in [6, 6.07) is 5.16. The van der Waals surface area contributed by atoms with Crippen LogP contribution in [0.15, 0.2) is 29.9 Å². The predicted molar refractivity (Wildman–Crippen MR) is 141 cm³/mol. The van der Waals surface area contributed by atoms with Crippen molar-refractivity contribution in [3.8, 4) is 0 Å². The van der Waals surface area contributed by atoms with Crippen LogP contribution in [0.3, 0.4) is 0 Å². The monoisotopic (exact) mass is 508 g/mol. The minimum Gasteiger partial charge on any atom is -0.480 e. The van der Waals surface area contributed by atoms with Crippen molar-refractivity contribution in [2.75, 3.05) is 0 Å². The molecule has 2 aromatic heterocycles. The van der Waals surface area contributed by atoms with E-state index in [1.54, 1.807) is 11.3 Å². The van der Waals surface area contributed by atoms with Gasteiger partial charge in [-0.25, -0.2) is 9.78 Å². The fourth-order valence-corrected chi connectivity index (χ4v) is 6.76. The molecule has 2 fully saturated rings. The highest BCUT2D eigenvalue weighted by Gasteiger charge is 2.29. The van der Waals surface area contributed by atoms with Crippen molar-refractivity contribution in [3.63, 3.8) is 0 Å². The second-order valence-electron chi connectivity index (χ2n) is 10.7. The van der Waals surface area contributed by atoms with E-state index in [9.17, 15) is 14.7 Å². The summed E-state index contributed by atoms with van der Waals surface area (Å²) in [5.74, 6) is 0.633. The number of rotatable bonds is 8. The highest BCUT2D eigenvalue weighted by Crippen LogP contribution is 2.37. The average molecular weight is 509 g/mol. The number of carbonyl (C=O) groups excluding carboxylic acids is 1. The zero-order chi connectivity index (χ0) is 25.1. The second-order valence-corrected chi connectivity index (χ2v) is 11.7. The molecule has 7 nitrogen and oxygen atoms in total. The number of imidazole rings is 1.